The van der Waals surface area contributed by atoms with Gasteiger partial charge < -0.3 is 4.74 Å². The Labute approximate surface area is 144 Å². The Kier molecular flexibility index (Phi) is 6.00. The second-order valence-corrected chi connectivity index (χ2v) is 5.10. The van der Waals surface area contributed by atoms with Crippen LogP contribution in [-0.4, -0.2) is 30.2 Å². The normalized spacial score (nSPS) is 11.1. The van der Waals surface area contributed by atoms with Crippen LogP contribution in [-0.2, 0) is 9.53 Å². The van der Waals surface area contributed by atoms with E-state index in [4.69, 9.17) is 4.74 Å². The molecule has 2 aromatic rings. The summed E-state index contributed by atoms with van der Waals surface area (Å²) >= 11 is 0. The molecule has 2 N–H and O–H groups in total. The van der Waals surface area contributed by atoms with Crippen LogP contribution in [0, 0.1) is 0 Å². The number of benzene rings is 2. The van der Waals surface area contributed by atoms with E-state index < -0.39 is 23.9 Å². The average Bonchev–Trinajstić information content (AvgIpc) is 2.66. The van der Waals surface area contributed by atoms with Gasteiger partial charge in [-0.3, -0.25) is 25.2 Å². The number of hydrogen-bond acceptors (Lipinski definition) is 5. The Bertz CT molecular complexity index is 772. The predicted molar refractivity (Wildman–Crippen MR) is 88.8 cm³/mol. The Morgan fingerprint density at radius 1 is 0.920 bits per heavy atom. The van der Waals surface area contributed by atoms with E-state index in [9.17, 15) is 19.2 Å². The van der Waals surface area contributed by atoms with E-state index >= 15 is 0 Å². The summed E-state index contributed by atoms with van der Waals surface area (Å²) in [7, 11) is 0. The van der Waals surface area contributed by atoms with Gasteiger partial charge in [0.25, 0.3) is 11.8 Å². The fourth-order valence-corrected chi connectivity index (χ4v) is 1.86. The molecule has 0 unspecified atom stereocenters. The second kappa shape index (κ2) is 8.39. The zero-order valence-electron chi connectivity index (χ0n) is 13.4. The van der Waals surface area contributed by atoms with E-state index in [0.29, 0.717) is 17.4 Å². The van der Waals surface area contributed by atoms with E-state index in [0.717, 1.165) is 0 Å². The first kappa shape index (κ1) is 17.9. The smallest absolute Gasteiger partial charge is 0.338 e. The van der Waals surface area contributed by atoms with Crippen LogP contribution in [0.3, 0.4) is 0 Å². The lowest BCUT2D eigenvalue weighted by Crippen LogP contribution is -2.46. The van der Waals surface area contributed by atoms with Crippen LogP contribution in [0.5, 0.6) is 0 Å². The second-order valence-electron chi connectivity index (χ2n) is 5.10. The third-order valence-corrected chi connectivity index (χ3v) is 3.27. The summed E-state index contributed by atoms with van der Waals surface area (Å²) in [5.41, 5.74) is 5.44. The van der Waals surface area contributed by atoms with Crippen LogP contribution in [0.15, 0.2) is 54.6 Å². The number of hydrogen-bond donors (Lipinski definition) is 2. The van der Waals surface area contributed by atoms with Crippen LogP contribution in [0.2, 0.25) is 0 Å². The summed E-state index contributed by atoms with van der Waals surface area (Å²) in [5.74, 6) is -1.88. The van der Waals surface area contributed by atoms with Gasteiger partial charge in [-0.05, 0) is 31.2 Å². The van der Waals surface area contributed by atoms with Crippen molar-refractivity contribution in [3.8, 4) is 0 Å². The number of aldehydes is 1. The summed E-state index contributed by atoms with van der Waals surface area (Å²) in [4.78, 5) is 46.2. The van der Waals surface area contributed by atoms with Crippen LogP contribution in [0.25, 0.3) is 0 Å². The van der Waals surface area contributed by atoms with Gasteiger partial charge in [0.15, 0.2) is 6.10 Å². The summed E-state index contributed by atoms with van der Waals surface area (Å²) < 4.78 is 5.02. The van der Waals surface area contributed by atoms with E-state index in [2.05, 4.69) is 10.9 Å². The highest BCUT2D eigenvalue weighted by atomic mass is 16.5. The molecule has 1 atom stereocenters. The number of ether oxygens (including phenoxy) is 1. The largest absolute Gasteiger partial charge is 0.449 e. The van der Waals surface area contributed by atoms with Crippen molar-refractivity contribution in [2.24, 2.45) is 0 Å². The first-order chi connectivity index (χ1) is 12.0. The zero-order valence-corrected chi connectivity index (χ0v) is 13.4. The summed E-state index contributed by atoms with van der Waals surface area (Å²) in [6.07, 6.45) is -0.463. The monoisotopic (exact) mass is 340 g/mol. The van der Waals surface area contributed by atoms with E-state index in [1.54, 1.807) is 30.3 Å². The standard InChI is InChI=1S/C18H16N2O5/c1-12(25-18(24)15-9-7-13(11-21)8-10-15)16(22)19-20-17(23)14-5-3-2-4-6-14/h2-12H,1H3,(H,19,22)(H,20,23)/t12-/m1/s1. The molecule has 0 radical (unpaired) electrons. The van der Waals surface area contributed by atoms with Gasteiger partial charge >= 0.3 is 5.97 Å². The van der Waals surface area contributed by atoms with E-state index in [1.165, 1.54) is 31.2 Å². The van der Waals surface area contributed by atoms with Gasteiger partial charge in [-0.2, -0.15) is 0 Å². The molecule has 2 aromatic carbocycles. The lowest BCUT2D eigenvalue weighted by molar-refractivity contribution is -0.129. The number of esters is 1. The minimum Gasteiger partial charge on any atom is -0.449 e. The van der Waals surface area contributed by atoms with Gasteiger partial charge in [0.1, 0.15) is 6.29 Å². The van der Waals surface area contributed by atoms with Crippen molar-refractivity contribution in [3.05, 3.63) is 71.3 Å². The highest BCUT2D eigenvalue weighted by Crippen LogP contribution is 2.06. The maximum Gasteiger partial charge on any atom is 0.338 e. The molecule has 0 fully saturated rings. The Balaban J connectivity index is 1.85. The molecular formula is C18H16N2O5. The summed E-state index contributed by atoms with van der Waals surface area (Å²) in [6.45, 7) is 1.38. The molecule has 0 aromatic heterocycles. The first-order valence-corrected chi connectivity index (χ1v) is 7.42. The highest BCUT2D eigenvalue weighted by molar-refractivity contribution is 5.96. The Morgan fingerprint density at radius 2 is 1.56 bits per heavy atom. The number of nitrogens with one attached hydrogen (secondary N) is 2. The van der Waals surface area contributed by atoms with Gasteiger partial charge in [0.2, 0.25) is 0 Å². The van der Waals surface area contributed by atoms with Gasteiger partial charge in [-0.1, -0.05) is 30.3 Å². The molecule has 2 rings (SSSR count). The lowest BCUT2D eigenvalue weighted by atomic mass is 10.1. The molecule has 0 bridgehead atoms. The van der Waals surface area contributed by atoms with Gasteiger partial charge in [0.05, 0.1) is 5.56 Å². The molecule has 25 heavy (non-hydrogen) atoms. The average molecular weight is 340 g/mol. The van der Waals surface area contributed by atoms with Gasteiger partial charge in [-0.15, -0.1) is 0 Å². The van der Waals surface area contributed by atoms with E-state index in [1.807, 2.05) is 0 Å². The number of hydrazine groups is 1. The van der Waals surface area contributed by atoms with Crippen LogP contribution in [0.1, 0.15) is 38.0 Å². The zero-order chi connectivity index (χ0) is 18.2. The van der Waals surface area contributed by atoms with Crippen LogP contribution < -0.4 is 10.9 Å². The molecule has 0 aliphatic rings. The minimum absolute atomic E-state index is 0.207. The summed E-state index contributed by atoms with van der Waals surface area (Å²) in [5, 5.41) is 0. The SMILES string of the molecule is C[C@@H](OC(=O)c1ccc(C=O)cc1)C(=O)NNC(=O)c1ccccc1. The number of rotatable bonds is 5. The fourth-order valence-electron chi connectivity index (χ4n) is 1.86. The van der Waals surface area contributed by atoms with Crippen LogP contribution >= 0.6 is 0 Å². The molecular weight excluding hydrogens is 324 g/mol. The molecule has 0 saturated heterocycles. The third-order valence-electron chi connectivity index (χ3n) is 3.27. The number of carbonyl (C=O) groups is 4. The maximum absolute atomic E-state index is 11.9. The molecule has 128 valence electrons. The van der Waals surface area contributed by atoms with E-state index in [-0.39, 0.29) is 5.56 Å². The minimum atomic E-state index is -1.12. The van der Waals surface area contributed by atoms with Crippen molar-refractivity contribution in [3.63, 3.8) is 0 Å². The van der Waals surface area contributed by atoms with Crippen LogP contribution in [0.4, 0.5) is 0 Å². The fraction of sp³-hybridized carbons (Fsp3) is 0.111. The maximum atomic E-state index is 11.9. The molecule has 0 aliphatic carbocycles. The molecule has 0 saturated carbocycles. The molecule has 7 nitrogen and oxygen atoms in total. The van der Waals surface area contributed by atoms with Gasteiger partial charge in [-0.25, -0.2) is 4.79 Å². The Hall–Kier alpha value is -3.48. The van der Waals surface area contributed by atoms with Crippen molar-refractivity contribution >= 4 is 24.1 Å². The summed E-state index contributed by atoms with van der Waals surface area (Å²) in [6, 6.07) is 14.1. The van der Waals surface area contributed by atoms with Crippen molar-refractivity contribution < 1.29 is 23.9 Å². The quantitative estimate of drug-likeness (QED) is 0.488. The third kappa shape index (κ3) is 5.00. The van der Waals surface area contributed by atoms with Crippen molar-refractivity contribution in [1.82, 2.24) is 10.9 Å². The van der Waals surface area contributed by atoms with Gasteiger partial charge in [0, 0.05) is 11.1 Å². The lowest BCUT2D eigenvalue weighted by Gasteiger charge is -2.14. The molecule has 0 aliphatic heterocycles. The first-order valence-electron chi connectivity index (χ1n) is 7.42. The van der Waals surface area contributed by atoms with Crippen molar-refractivity contribution in [2.45, 2.75) is 13.0 Å². The topological polar surface area (TPSA) is 102 Å². The number of amides is 2. The Morgan fingerprint density at radius 3 is 2.16 bits per heavy atom. The predicted octanol–water partition coefficient (Wildman–Crippen LogP) is 1.51. The molecule has 7 heteroatoms. The molecule has 2 amide bonds. The van der Waals surface area contributed by atoms with Crippen molar-refractivity contribution in [1.29, 1.82) is 0 Å². The number of carbonyl (C=O) groups excluding carboxylic acids is 4. The highest BCUT2D eigenvalue weighted by Gasteiger charge is 2.19. The molecule has 0 spiro atoms. The molecule has 0 heterocycles. The van der Waals surface area contributed by atoms with Crippen molar-refractivity contribution in [2.75, 3.05) is 0 Å².